The Kier molecular flexibility index (Phi) is 5.13. The normalized spacial score (nSPS) is 9.81. The van der Waals surface area contributed by atoms with Crippen LogP contribution >= 0.6 is 0 Å². The molecule has 2 rings (SSSR count). The molecule has 5 nitrogen and oxygen atoms in total. The van der Waals surface area contributed by atoms with Gasteiger partial charge in [0, 0.05) is 17.5 Å². The first kappa shape index (κ1) is 14.8. The van der Waals surface area contributed by atoms with Gasteiger partial charge in [-0.25, -0.2) is 4.98 Å². The van der Waals surface area contributed by atoms with E-state index in [-0.39, 0.29) is 19.1 Å². The van der Waals surface area contributed by atoms with E-state index >= 15 is 0 Å². The van der Waals surface area contributed by atoms with Crippen LogP contribution in [-0.4, -0.2) is 22.6 Å². The highest BCUT2D eigenvalue weighted by atomic mass is 16.4. The van der Waals surface area contributed by atoms with E-state index in [0.717, 1.165) is 12.2 Å². The topological polar surface area (TPSA) is 75.4 Å². The van der Waals surface area contributed by atoms with E-state index in [0.29, 0.717) is 17.0 Å². The highest BCUT2D eigenvalue weighted by molar-refractivity contribution is 5.94. The van der Waals surface area contributed by atoms with Gasteiger partial charge >= 0.3 is 0 Å². The Balaban J connectivity index is 1.99. The number of aliphatic hydroxyl groups excluding tert-OH is 1. The van der Waals surface area contributed by atoms with E-state index in [9.17, 15) is 4.79 Å². The maximum atomic E-state index is 12.0. The van der Waals surface area contributed by atoms with Crippen LogP contribution in [-0.2, 0) is 13.0 Å². The van der Waals surface area contributed by atoms with Crippen molar-refractivity contribution < 1.29 is 14.3 Å². The third kappa shape index (κ3) is 4.20. The Hall–Kier alpha value is -2.58. The lowest BCUT2D eigenvalue weighted by Crippen LogP contribution is -2.22. The van der Waals surface area contributed by atoms with Crippen LogP contribution in [0.25, 0.3) is 0 Å². The molecule has 0 unspecified atom stereocenters. The minimum Gasteiger partial charge on any atom is -0.444 e. The van der Waals surface area contributed by atoms with Crippen molar-refractivity contribution in [3.05, 3.63) is 53.2 Å². The minimum atomic E-state index is -0.223. The van der Waals surface area contributed by atoms with Crippen LogP contribution in [0, 0.1) is 11.8 Å². The quantitative estimate of drug-likeness (QED) is 0.835. The summed E-state index contributed by atoms with van der Waals surface area (Å²) in [5.41, 5.74) is 1.18. The first-order chi connectivity index (χ1) is 10.2. The molecule has 1 heterocycles. The fourth-order valence-corrected chi connectivity index (χ4v) is 1.73. The number of nitrogens with one attached hydrogen (secondary N) is 1. The van der Waals surface area contributed by atoms with Gasteiger partial charge in [0.05, 0.1) is 12.7 Å². The lowest BCUT2D eigenvalue weighted by atomic mass is 10.1. The molecule has 0 aliphatic rings. The first-order valence-corrected chi connectivity index (χ1v) is 6.64. The van der Waals surface area contributed by atoms with Gasteiger partial charge in [-0.15, -0.1) is 0 Å². The fourth-order valence-electron chi connectivity index (χ4n) is 1.73. The summed E-state index contributed by atoms with van der Waals surface area (Å²) in [5, 5.41) is 11.4. The fraction of sp³-hybridized carbons (Fsp3) is 0.250. The number of nitrogens with zero attached hydrogens (tertiary/aromatic N) is 1. The van der Waals surface area contributed by atoms with Crippen LogP contribution in [0.5, 0.6) is 0 Å². The second kappa shape index (κ2) is 7.27. The number of aliphatic hydroxyl groups is 1. The molecule has 2 aromatic rings. The van der Waals surface area contributed by atoms with Crippen molar-refractivity contribution in [1.82, 2.24) is 10.3 Å². The van der Waals surface area contributed by atoms with E-state index in [1.54, 1.807) is 30.5 Å². The standard InChI is InChI=1S/C16H16N2O3/c1-2-14-10-17-15(21-14)11-18-16(20)13-7-3-5-12(9-13)6-4-8-19/h3,5,7,9-10,19H,2,8,11H2,1H3,(H,18,20). The molecule has 1 aromatic heterocycles. The molecule has 0 aliphatic heterocycles. The molecule has 0 atom stereocenters. The number of carbonyl (C=O) groups is 1. The predicted octanol–water partition coefficient (Wildman–Crippen LogP) is 1.51. The molecule has 21 heavy (non-hydrogen) atoms. The second-order valence-corrected chi connectivity index (χ2v) is 4.30. The Bertz CT molecular complexity index is 680. The Morgan fingerprint density at radius 3 is 3.05 bits per heavy atom. The highest BCUT2D eigenvalue weighted by Gasteiger charge is 2.08. The number of hydrogen-bond donors (Lipinski definition) is 2. The van der Waals surface area contributed by atoms with Gasteiger partial charge in [0.15, 0.2) is 0 Å². The zero-order valence-electron chi connectivity index (χ0n) is 11.7. The zero-order chi connectivity index (χ0) is 15.1. The van der Waals surface area contributed by atoms with Crippen LogP contribution in [0.2, 0.25) is 0 Å². The molecular weight excluding hydrogens is 268 g/mol. The maximum Gasteiger partial charge on any atom is 0.251 e. The minimum absolute atomic E-state index is 0.208. The molecule has 5 heteroatoms. The van der Waals surface area contributed by atoms with Crippen LogP contribution in [0.1, 0.15) is 34.5 Å². The van der Waals surface area contributed by atoms with Crippen LogP contribution in [0.3, 0.4) is 0 Å². The van der Waals surface area contributed by atoms with Gasteiger partial charge in [-0.2, -0.15) is 0 Å². The van der Waals surface area contributed by atoms with Gasteiger partial charge in [0.2, 0.25) is 5.89 Å². The van der Waals surface area contributed by atoms with Gasteiger partial charge in [-0.1, -0.05) is 24.8 Å². The number of aromatic nitrogens is 1. The summed E-state index contributed by atoms with van der Waals surface area (Å²) in [6, 6.07) is 6.90. The first-order valence-electron chi connectivity index (χ1n) is 6.64. The molecular formula is C16H16N2O3. The average molecular weight is 284 g/mol. The van der Waals surface area contributed by atoms with Crippen molar-refractivity contribution in [1.29, 1.82) is 0 Å². The summed E-state index contributed by atoms with van der Waals surface area (Å²) < 4.78 is 5.42. The smallest absolute Gasteiger partial charge is 0.251 e. The van der Waals surface area contributed by atoms with Gasteiger partial charge in [0.1, 0.15) is 12.4 Å². The van der Waals surface area contributed by atoms with Crippen molar-refractivity contribution >= 4 is 5.91 Å². The van der Waals surface area contributed by atoms with Crippen LogP contribution in [0.15, 0.2) is 34.9 Å². The van der Waals surface area contributed by atoms with Gasteiger partial charge < -0.3 is 14.8 Å². The number of amides is 1. The van der Waals surface area contributed by atoms with Gasteiger partial charge in [-0.05, 0) is 18.2 Å². The van der Waals surface area contributed by atoms with Crippen molar-refractivity contribution in [2.24, 2.45) is 0 Å². The van der Waals surface area contributed by atoms with Crippen LogP contribution in [0.4, 0.5) is 0 Å². The molecule has 108 valence electrons. The van der Waals surface area contributed by atoms with Crippen molar-refractivity contribution in [3.8, 4) is 11.8 Å². The zero-order valence-corrected chi connectivity index (χ0v) is 11.7. The molecule has 0 aliphatic carbocycles. The second-order valence-electron chi connectivity index (χ2n) is 4.30. The van der Waals surface area contributed by atoms with Crippen molar-refractivity contribution in [2.75, 3.05) is 6.61 Å². The van der Waals surface area contributed by atoms with Gasteiger partial charge in [-0.3, -0.25) is 4.79 Å². The third-order valence-electron chi connectivity index (χ3n) is 2.79. The summed E-state index contributed by atoms with van der Waals surface area (Å²) in [5.74, 6) is 6.36. The molecule has 2 N–H and O–H groups in total. The largest absolute Gasteiger partial charge is 0.444 e. The number of carbonyl (C=O) groups excluding carboxylic acids is 1. The average Bonchev–Trinajstić information content (AvgIpc) is 2.99. The van der Waals surface area contributed by atoms with E-state index in [1.807, 2.05) is 6.92 Å². The molecule has 0 radical (unpaired) electrons. The Morgan fingerprint density at radius 1 is 1.48 bits per heavy atom. The van der Waals surface area contributed by atoms with Gasteiger partial charge in [0.25, 0.3) is 5.91 Å². The highest BCUT2D eigenvalue weighted by Crippen LogP contribution is 2.06. The van der Waals surface area contributed by atoms with Crippen molar-refractivity contribution in [2.45, 2.75) is 19.9 Å². The molecule has 0 fully saturated rings. The summed E-state index contributed by atoms with van der Waals surface area (Å²) >= 11 is 0. The lowest BCUT2D eigenvalue weighted by molar-refractivity contribution is 0.0947. The van der Waals surface area contributed by atoms with E-state index in [1.165, 1.54) is 0 Å². The number of rotatable bonds is 4. The molecule has 0 spiro atoms. The third-order valence-corrected chi connectivity index (χ3v) is 2.79. The molecule has 1 amide bonds. The summed E-state index contributed by atoms with van der Waals surface area (Å²) in [6.45, 7) is 2.01. The predicted molar refractivity (Wildman–Crippen MR) is 77.5 cm³/mol. The Morgan fingerprint density at radius 2 is 2.33 bits per heavy atom. The summed E-state index contributed by atoms with van der Waals surface area (Å²) in [4.78, 5) is 16.1. The van der Waals surface area contributed by atoms with Crippen LogP contribution < -0.4 is 5.32 Å². The molecule has 0 saturated carbocycles. The van der Waals surface area contributed by atoms with Crippen molar-refractivity contribution in [3.63, 3.8) is 0 Å². The summed E-state index contributed by atoms with van der Waals surface area (Å²) in [7, 11) is 0. The summed E-state index contributed by atoms with van der Waals surface area (Å²) in [6.07, 6.45) is 2.43. The number of benzene rings is 1. The number of aryl methyl sites for hydroxylation is 1. The molecule has 1 aromatic carbocycles. The SMILES string of the molecule is CCc1cnc(CNC(=O)c2cccc(C#CCO)c2)o1. The molecule has 0 bridgehead atoms. The van der Waals surface area contributed by atoms with E-state index < -0.39 is 0 Å². The number of oxazole rings is 1. The monoisotopic (exact) mass is 284 g/mol. The lowest BCUT2D eigenvalue weighted by Gasteiger charge is -2.03. The van der Waals surface area contributed by atoms with E-state index in [2.05, 4.69) is 22.1 Å². The maximum absolute atomic E-state index is 12.0. The Labute approximate surface area is 123 Å². The van der Waals surface area contributed by atoms with E-state index in [4.69, 9.17) is 9.52 Å². The molecule has 0 saturated heterocycles. The number of hydrogen-bond acceptors (Lipinski definition) is 4.